The van der Waals surface area contributed by atoms with E-state index in [1.165, 1.54) is 26.0 Å². The van der Waals surface area contributed by atoms with Gasteiger partial charge in [0, 0.05) is 6.04 Å². The highest BCUT2D eigenvalue weighted by molar-refractivity contribution is 8.14. The average Bonchev–Trinajstić information content (AvgIpc) is 3.01. The second-order valence-electron chi connectivity index (χ2n) is 6.55. The van der Waals surface area contributed by atoms with Gasteiger partial charge in [0.05, 0.1) is 30.1 Å². The molecule has 0 saturated carbocycles. The topological polar surface area (TPSA) is 94.9 Å². The van der Waals surface area contributed by atoms with E-state index >= 15 is 0 Å². The van der Waals surface area contributed by atoms with Crippen molar-refractivity contribution < 1.29 is 19.0 Å². The molecule has 0 saturated heterocycles. The molecule has 8 nitrogen and oxygen atoms in total. The van der Waals surface area contributed by atoms with Gasteiger partial charge in [0.15, 0.2) is 23.9 Å². The Bertz CT molecular complexity index is 976. The van der Waals surface area contributed by atoms with Gasteiger partial charge in [0.1, 0.15) is 0 Å². The molecule has 0 radical (unpaired) electrons. The molecule has 2 heterocycles. The fourth-order valence-electron chi connectivity index (χ4n) is 2.98. The Kier molecular flexibility index (Phi) is 5.83. The van der Waals surface area contributed by atoms with Crippen LogP contribution in [0.5, 0.6) is 11.5 Å². The average molecular weight is 405 g/mol. The lowest BCUT2D eigenvalue weighted by molar-refractivity contribution is -0.142. The number of aromatic amines is 1. The predicted octanol–water partition coefficient (Wildman–Crippen LogP) is 3.20. The number of hydrogen-bond donors (Lipinski definition) is 1. The van der Waals surface area contributed by atoms with Crippen LogP contribution in [0.3, 0.4) is 0 Å². The smallest absolute Gasteiger partial charge is 0.343 e. The number of thioether (sulfide) groups is 1. The molecule has 1 atom stereocenters. The Morgan fingerprint density at radius 2 is 2.07 bits per heavy atom. The van der Waals surface area contributed by atoms with Crippen molar-refractivity contribution in [2.45, 2.75) is 32.1 Å². The third-order valence-electron chi connectivity index (χ3n) is 4.33. The van der Waals surface area contributed by atoms with Gasteiger partial charge >= 0.3 is 5.97 Å². The summed E-state index contributed by atoms with van der Waals surface area (Å²) in [6.07, 6.45) is 0. The van der Waals surface area contributed by atoms with Crippen molar-refractivity contribution in [3.05, 3.63) is 39.7 Å². The van der Waals surface area contributed by atoms with Crippen molar-refractivity contribution in [2.24, 2.45) is 4.99 Å². The summed E-state index contributed by atoms with van der Waals surface area (Å²) in [5, 5.41) is 3.54. The molecule has 28 heavy (non-hydrogen) atoms. The van der Waals surface area contributed by atoms with Crippen molar-refractivity contribution >= 4 is 28.6 Å². The molecular weight excluding hydrogens is 382 g/mol. The zero-order chi connectivity index (χ0) is 20.4. The molecule has 1 aromatic heterocycles. The lowest BCUT2D eigenvalue weighted by Gasteiger charge is -2.22. The molecule has 0 unspecified atom stereocenters. The summed E-state index contributed by atoms with van der Waals surface area (Å²) in [7, 11) is 2.83. The standard InChI is InChI=1S/C19H23N3O5S/c1-10(2)22-18-16(19(24)21-22)17(28-11(3)20-18)12-6-7-13(14(8-12)25-4)27-9-15(23)26-5/h6-8,10,17H,9H2,1-5H3,(H,21,24)/t17-/m0/s1. The summed E-state index contributed by atoms with van der Waals surface area (Å²) < 4.78 is 17.3. The molecule has 0 fully saturated rings. The number of methoxy groups -OCH3 is 2. The summed E-state index contributed by atoms with van der Waals surface area (Å²) >= 11 is 1.51. The van der Waals surface area contributed by atoms with Gasteiger partial charge in [-0.15, -0.1) is 0 Å². The zero-order valence-electron chi connectivity index (χ0n) is 16.4. The highest BCUT2D eigenvalue weighted by Gasteiger charge is 2.31. The molecule has 3 rings (SSSR count). The maximum absolute atomic E-state index is 12.6. The molecule has 0 bridgehead atoms. The van der Waals surface area contributed by atoms with Crippen molar-refractivity contribution in [3.63, 3.8) is 0 Å². The monoisotopic (exact) mass is 405 g/mol. The number of nitrogens with one attached hydrogen (secondary N) is 1. The quantitative estimate of drug-likeness (QED) is 0.742. The molecule has 150 valence electrons. The number of carbonyl (C=O) groups excluding carboxylic acids is 1. The molecule has 0 spiro atoms. The first kappa shape index (κ1) is 20.1. The predicted molar refractivity (Wildman–Crippen MR) is 108 cm³/mol. The summed E-state index contributed by atoms with van der Waals surface area (Å²) in [6, 6.07) is 5.49. The first-order valence-corrected chi connectivity index (χ1v) is 9.67. The molecule has 1 N–H and O–H groups in total. The van der Waals surface area contributed by atoms with Crippen LogP contribution in [0.25, 0.3) is 0 Å². The van der Waals surface area contributed by atoms with E-state index in [2.05, 4.69) is 14.8 Å². The maximum atomic E-state index is 12.6. The molecule has 0 amide bonds. The van der Waals surface area contributed by atoms with E-state index in [1.54, 1.807) is 10.7 Å². The summed E-state index contributed by atoms with van der Waals surface area (Å²) in [4.78, 5) is 28.6. The van der Waals surface area contributed by atoms with Gasteiger partial charge in [0.25, 0.3) is 5.56 Å². The summed E-state index contributed by atoms with van der Waals surface area (Å²) in [5.74, 6) is 1.08. The number of fused-ring (bicyclic) bond motifs is 1. The van der Waals surface area contributed by atoms with E-state index in [0.717, 1.165) is 10.6 Å². The van der Waals surface area contributed by atoms with Crippen molar-refractivity contribution in [1.82, 2.24) is 9.78 Å². The number of ether oxygens (including phenoxy) is 3. The number of H-pyrrole nitrogens is 1. The van der Waals surface area contributed by atoms with Gasteiger partial charge in [0.2, 0.25) is 0 Å². The second-order valence-corrected chi connectivity index (χ2v) is 7.84. The highest BCUT2D eigenvalue weighted by atomic mass is 32.2. The Labute approximate surface area is 166 Å². The van der Waals surface area contributed by atoms with Crippen LogP contribution in [0.2, 0.25) is 0 Å². The van der Waals surface area contributed by atoms with Crippen molar-refractivity contribution in [3.8, 4) is 11.5 Å². The van der Waals surface area contributed by atoms with Crippen LogP contribution in [0, 0.1) is 0 Å². The lowest BCUT2D eigenvalue weighted by atomic mass is 10.1. The number of aromatic nitrogens is 2. The van der Waals surface area contributed by atoms with Crippen molar-refractivity contribution in [2.75, 3.05) is 20.8 Å². The molecular formula is C19H23N3O5S. The highest BCUT2D eigenvalue weighted by Crippen LogP contribution is 2.45. The first-order chi connectivity index (χ1) is 13.3. The number of nitrogens with zero attached hydrogens (tertiary/aromatic N) is 2. The van der Waals surface area contributed by atoms with Gasteiger partial charge < -0.3 is 14.2 Å². The van der Waals surface area contributed by atoms with Crippen LogP contribution in [0.4, 0.5) is 5.82 Å². The van der Waals surface area contributed by atoms with Crippen LogP contribution >= 0.6 is 11.8 Å². The van der Waals surface area contributed by atoms with E-state index in [0.29, 0.717) is 22.9 Å². The maximum Gasteiger partial charge on any atom is 0.343 e. The molecule has 0 aliphatic carbocycles. The normalized spacial score (nSPS) is 15.8. The minimum atomic E-state index is -0.480. The zero-order valence-corrected chi connectivity index (χ0v) is 17.3. The Morgan fingerprint density at radius 1 is 1.32 bits per heavy atom. The van der Waals surface area contributed by atoms with E-state index in [9.17, 15) is 9.59 Å². The van der Waals surface area contributed by atoms with Crippen LogP contribution in [0.1, 0.15) is 43.2 Å². The van der Waals surface area contributed by atoms with Gasteiger partial charge in [-0.1, -0.05) is 17.8 Å². The minimum Gasteiger partial charge on any atom is -0.493 e. The third-order valence-corrected chi connectivity index (χ3v) is 5.51. The van der Waals surface area contributed by atoms with E-state index < -0.39 is 5.97 Å². The SMILES string of the molecule is COC(=O)COc1ccc([C@@H]2SC(C)=Nc3c2c(=O)[nH]n3C(C)C)cc1OC. The molecule has 1 aliphatic heterocycles. The Hall–Kier alpha value is -2.68. The number of rotatable bonds is 6. The van der Waals surface area contributed by atoms with Crippen LogP contribution in [-0.4, -0.2) is 41.6 Å². The minimum absolute atomic E-state index is 0.0837. The van der Waals surface area contributed by atoms with Gasteiger partial charge in [-0.05, 0) is 38.5 Å². The molecule has 2 aromatic rings. The second kappa shape index (κ2) is 8.14. The van der Waals surface area contributed by atoms with Crippen LogP contribution in [0.15, 0.2) is 28.0 Å². The molecule has 1 aliphatic rings. The molecule has 9 heteroatoms. The number of hydrogen-bond acceptors (Lipinski definition) is 7. The number of benzene rings is 1. The fourth-order valence-corrected chi connectivity index (χ4v) is 4.07. The van der Waals surface area contributed by atoms with E-state index in [-0.39, 0.29) is 23.5 Å². The third kappa shape index (κ3) is 3.80. The number of carbonyl (C=O) groups is 1. The van der Waals surface area contributed by atoms with Gasteiger partial charge in [-0.25, -0.2) is 9.79 Å². The lowest BCUT2D eigenvalue weighted by Crippen LogP contribution is -2.14. The van der Waals surface area contributed by atoms with E-state index in [1.807, 2.05) is 32.9 Å². The van der Waals surface area contributed by atoms with Crippen molar-refractivity contribution in [1.29, 1.82) is 0 Å². The number of esters is 1. The first-order valence-electron chi connectivity index (χ1n) is 8.79. The Morgan fingerprint density at radius 3 is 2.71 bits per heavy atom. The Balaban J connectivity index is 2.00. The van der Waals surface area contributed by atoms with Crippen LogP contribution in [-0.2, 0) is 9.53 Å². The van der Waals surface area contributed by atoms with Crippen LogP contribution < -0.4 is 15.0 Å². The summed E-state index contributed by atoms with van der Waals surface area (Å²) in [5.41, 5.74) is 1.35. The van der Waals surface area contributed by atoms with Gasteiger partial charge in [-0.2, -0.15) is 0 Å². The largest absolute Gasteiger partial charge is 0.493 e. The summed E-state index contributed by atoms with van der Waals surface area (Å²) in [6.45, 7) is 5.70. The molecule has 1 aromatic carbocycles. The van der Waals surface area contributed by atoms with Gasteiger partial charge in [-0.3, -0.25) is 14.6 Å². The van der Waals surface area contributed by atoms with E-state index in [4.69, 9.17) is 9.47 Å². The fraction of sp³-hybridized carbons (Fsp3) is 0.421. The number of aliphatic imine (C=N–C) groups is 1.